The van der Waals surface area contributed by atoms with Crippen LogP contribution in [0, 0.1) is 6.92 Å². The lowest BCUT2D eigenvalue weighted by molar-refractivity contribution is 0.0855. The van der Waals surface area contributed by atoms with Crippen LogP contribution in [0.25, 0.3) is 5.69 Å². The lowest BCUT2D eigenvalue weighted by Crippen LogP contribution is -2.49. The van der Waals surface area contributed by atoms with Gasteiger partial charge in [-0.05, 0) is 60.0 Å². The normalized spacial score (nSPS) is 15.9. The molecule has 6 nitrogen and oxygen atoms in total. The van der Waals surface area contributed by atoms with Crippen LogP contribution in [0.3, 0.4) is 0 Å². The van der Waals surface area contributed by atoms with E-state index in [1.54, 1.807) is 4.68 Å². The molecule has 4 rings (SSSR count). The zero-order chi connectivity index (χ0) is 19.6. The molecule has 144 valence electrons. The Morgan fingerprint density at radius 3 is 2.57 bits per heavy atom. The Bertz CT molecular complexity index is 979. The summed E-state index contributed by atoms with van der Waals surface area (Å²) in [5.74, 6) is 0.537. The highest BCUT2D eigenvalue weighted by Crippen LogP contribution is 2.37. The molecule has 1 aliphatic rings. The number of nitrogens with one attached hydrogen (secondary N) is 1. The van der Waals surface area contributed by atoms with Gasteiger partial charge in [-0.3, -0.25) is 4.79 Å². The number of nitrogens with zero attached hydrogens (tertiary/aromatic N) is 4. The number of carbonyl (C=O) groups excluding carboxylic acids is 1. The van der Waals surface area contributed by atoms with Gasteiger partial charge in [-0.2, -0.15) is 4.68 Å². The molecule has 28 heavy (non-hydrogen) atoms. The highest BCUT2D eigenvalue weighted by Gasteiger charge is 2.40. The Labute approximate surface area is 168 Å². The van der Waals surface area contributed by atoms with Crippen LogP contribution in [-0.2, 0) is 5.54 Å². The summed E-state index contributed by atoms with van der Waals surface area (Å²) < 4.78 is 1.70. The topological polar surface area (TPSA) is 72.7 Å². The van der Waals surface area contributed by atoms with E-state index < -0.39 is 5.54 Å². The number of rotatable bonds is 4. The van der Waals surface area contributed by atoms with Gasteiger partial charge in [0.1, 0.15) is 5.54 Å². The number of halogens is 1. The van der Waals surface area contributed by atoms with Gasteiger partial charge in [-0.25, -0.2) is 0 Å². The first-order chi connectivity index (χ1) is 13.6. The Morgan fingerprint density at radius 1 is 1.11 bits per heavy atom. The van der Waals surface area contributed by atoms with Gasteiger partial charge in [-0.15, -0.1) is 5.10 Å². The van der Waals surface area contributed by atoms with E-state index in [4.69, 9.17) is 11.6 Å². The van der Waals surface area contributed by atoms with E-state index in [0.717, 1.165) is 43.4 Å². The first-order valence-corrected chi connectivity index (χ1v) is 9.90. The lowest BCUT2D eigenvalue weighted by atomic mass is 9.80. The van der Waals surface area contributed by atoms with Crippen molar-refractivity contribution in [2.24, 2.45) is 0 Å². The van der Waals surface area contributed by atoms with Crippen LogP contribution in [-0.4, -0.2) is 26.1 Å². The fourth-order valence-corrected chi connectivity index (χ4v) is 3.99. The summed E-state index contributed by atoms with van der Waals surface area (Å²) in [6.45, 7) is 1.95. The molecular weight excluding hydrogens is 374 g/mol. The highest BCUT2D eigenvalue weighted by molar-refractivity contribution is 6.31. The first-order valence-electron chi connectivity index (χ1n) is 9.52. The quantitative estimate of drug-likeness (QED) is 0.718. The van der Waals surface area contributed by atoms with E-state index in [2.05, 4.69) is 20.8 Å². The van der Waals surface area contributed by atoms with Gasteiger partial charge >= 0.3 is 0 Å². The summed E-state index contributed by atoms with van der Waals surface area (Å²) in [6, 6.07) is 15.0. The predicted octanol–water partition coefficient (Wildman–Crippen LogP) is 4.21. The number of aromatic nitrogens is 4. The molecule has 0 unspecified atom stereocenters. The Hall–Kier alpha value is -2.73. The van der Waals surface area contributed by atoms with E-state index >= 15 is 0 Å². The molecular formula is C21H22ClN5O. The van der Waals surface area contributed by atoms with Crippen LogP contribution >= 0.6 is 11.6 Å². The van der Waals surface area contributed by atoms with Crippen molar-refractivity contribution in [2.45, 2.75) is 44.6 Å². The molecule has 0 bridgehead atoms. The molecule has 2 aromatic carbocycles. The third-order valence-corrected chi connectivity index (χ3v) is 5.80. The lowest BCUT2D eigenvalue weighted by Gasteiger charge is -2.36. The third-order valence-electron chi connectivity index (χ3n) is 5.39. The van der Waals surface area contributed by atoms with Gasteiger partial charge < -0.3 is 5.32 Å². The maximum absolute atomic E-state index is 12.9. The van der Waals surface area contributed by atoms with Crippen molar-refractivity contribution in [3.8, 4) is 5.69 Å². The maximum atomic E-state index is 12.9. The van der Waals surface area contributed by atoms with Gasteiger partial charge in [0, 0.05) is 10.6 Å². The van der Waals surface area contributed by atoms with Gasteiger partial charge in [-0.1, -0.05) is 55.1 Å². The van der Waals surface area contributed by atoms with Crippen LogP contribution in [0.1, 0.15) is 53.8 Å². The SMILES string of the molecule is Cc1ccc(-n2nnnc2C2(NC(=O)c3ccccc3)CCCCC2)cc1Cl. The molecule has 1 saturated carbocycles. The number of hydrogen-bond acceptors (Lipinski definition) is 4. The predicted molar refractivity (Wildman–Crippen MR) is 108 cm³/mol. The average molecular weight is 396 g/mol. The van der Waals surface area contributed by atoms with Crippen LogP contribution < -0.4 is 5.32 Å². The second kappa shape index (κ2) is 7.72. The number of carbonyl (C=O) groups is 1. The molecule has 1 fully saturated rings. The van der Waals surface area contributed by atoms with Crippen LogP contribution in [0.15, 0.2) is 48.5 Å². The van der Waals surface area contributed by atoms with E-state index in [9.17, 15) is 4.79 Å². The number of benzene rings is 2. The summed E-state index contributed by atoms with van der Waals surface area (Å²) in [4.78, 5) is 12.9. The van der Waals surface area contributed by atoms with Crippen molar-refractivity contribution in [3.63, 3.8) is 0 Å². The zero-order valence-corrected chi connectivity index (χ0v) is 16.5. The first kappa shape index (κ1) is 18.6. The minimum absolute atomic E-state index is 0.112. The molecule has 1 amide bonds. The number of hydrogen-bond donors (Lipinski definition) is 1. The molecule has 1 aromatic heterocycles. The summed E-state index contributed by atoms with van der Waals surface area (Å²) >= 11 is 6.32. The molecule has 7 heteroatoms. The molecule has 3 aromatic rings. The number of tetrazole rings is 1. The van der Waals surface area contributed by atoms with Crippen molar-refractivity contribution in [2.75, 3.05) is 0 Å². The van der Waals surface area contributed by atoms with E-state index in [0.29, 0.717) is 16.4 Å². The van der Waals surface area contributed by atoms with Gasteiger partial charge in [0.05, 0.1) is 5.69 Å². The maximum Gasteiger partial charge on any atom is 0.252 e. The molecule has 0 atom stereocenters. The minimum Gasteiger partial charge on any atom is -0.339 e. The molecule has 1 aliphatic carbocycles. The minimum atomic E-state index is -0.605. The molecule has 0 radical (unpaired) electrons. The Morgan fingerprint density at radius 2 is 1.86 bits per heavy atom. The van der Waals surface area contributed by atoms with Gasteiger partial charge in [0.25, 0.3) is 5.91 Å². The molecule has 0 saturated heterocycles. The van der Waals surface area contributed by atoms with E-state index in [-0.39, 0.29) is 5.91 Å². The standard InChI is InChI=1S/C21H22ClN5O/c1-15-10-11-17(14-18(15)22)27-20(24-25-26-27)21(12-6-3-7-13-21)23-19(28)16-8-4-2-5-9-16/h2,4-5,8-11,14H,3,6-7,12-13H2,1H3,(H,23,28). The second-order valence-electron chi connectivity index (χ2n) is 7.31. The van der Waals surface area contributed by atoms with Crippen molar-refractivity contribution >= 4 is 17.5 Å². The number of aryl methyl sites for hydroxylation is 1. The zero-order valence-electron chi connectivity index (χ0n) is 15.7. The Kier molecular flexibility index (Phi) is 5.13. The Balaban J connectivity index is 1.74. The second-order valence-corrected chi connectivity index (χ2v) is 7.72. The van der Waals surface area contributed by atoms with E-state index in [1.165, 1.54) is 0 Å². The molecule has 0 aliphatic heterocycles. The fourth-order valence-electron chi connectivity index (χ4n) is 3.81. The van der Waals surface area contributed by atoms with Crippen molar-refractivity contribution in [3.05, 3.63) is 70.5 Å². The summed E-state index contributed by atoms with van der Waals surface area (Å²) in [5, 5.41) is 16.4. The molecule has 1 heterocycles. The average Bonchev–Trinajstić information content (AvgIpc) is 3.22. The largest absolute Gasteiger partial charge is 0.339 e. The van der Waals surface area contributed by atoms with Crippen LogP contribution in [0.2, 0.25) is 5.02 Å². The van der Waals surface area contributed by atoms with Crippen LogP contribution in [0.4, 0.5) is 0 Å². The monoisotopic (exact) mass is 395 g/mol. The molecule has 1 N–H and O–H groups in total. The van der Waals surface area contributed by atoms with Crippen molar-refractivity contribution in [1.82, 2.24) is 25.5 Å². The summed E-state index contributed by atoms with van der Waals surface area (Å²) in [5.41, 5.74) is 1.80. The number of amides is 1. The van der Waals surface area contributed by atoms with Crippen LogP contribution in [0.5, 0.6) is 0 Å². The van der Waals surface area contributed by atoms with Crippen molar-refractivity contribution in [1.29, 1.82) is 0 Å². The van der Waals surface area contributed by atoms with Crippen molar-refractivity contribution < 1.29 is 4.79 Å². The fraction of sp³-hybridized carbons (Fsp3) is 0.333. The summed E-state index contributed by atoms with van der Waals surface area (Å²) in [6.07, 6.45) is 4.76. The van der Waals surface area contributed by atoms with E-state index in [1.807, 2.05) is 55.5 Å². The highest BCUT2D eigenvalue weighted by atomic mass is 35.5. The smallest absolute Gasteiger partial charge is 0.252 e. The molecule has 0 spiro atoms. The van der Waals surface area contributed by atoms with Gasteiger partial charge in [0.15, 0.2) is 5.82 Å². The summed E-state index contributed by atoms with van der Waals surface area (Å²) in [7, 11) is 0. The van der Waals surface area contributed by atoms with Gasteiger partial charge in [0.2, 0.25) is 0 Å². The third kappa shape index (κ3) is 3.52.